The van der Waals surface area contributed by atoms with E-state index in [2.05, 4.69) is 10.2 Å². The second-order valence-corrected chi connectivity index (χ2v) is 6.21. The van der Waals surface area contributed by atoms with Crippen LogP contribution in [0.3, 0.4) is 0 Å². The van der Waals surface area contributed by atoms with Gasteiger partial charge in [0.15, 0.2) is 0 Å². The van der Waals surface area contributed by atoms with Crippen molar-refractivity contribution in [1.82, 2.24) is 15.1 Å². The van der Waals surface area contributed by atoms with E-state index in [1.54, 1.807) is 12.1 Å². The highest BCUT2D eigenvalue weighted by Gasteiger charge is 2.52. The van der Waals surface area contributed by atoms with Crippen molar-refractivity contribution in [2.45, 2.75) is 24.9 Å². The minimum atomic E-state index is -0.781. The number of anilines is 1. The Hall–Kier alpha value is -2.12. The Morgan fingerprint density at radius 3 is 2.43 bits per heavy atom. The maximum absolute atomic E-state index is 12.8. The second-order valence-electron chi connectivity index (χ2n) is 6.21. The van der Waals surface area contributed by atoms with E-state index in [4.69, 9.17) is 10.8 Å². The quantitative estimate of drug-likeness (QED) is 0.542. The zero-order chi connectivity index (χ0) is 16.4. The average molecular weight is 318 g/mol. The number of nitrogen functional groups attached to an aromatic ring is 1. The molecule has 7 nitrogen and oxygen atoms in total. The molecule has 2 aliphatic rings. The summed E-state index contributed by atoms with van der Waals surface area (Å²) in [5, 5.41) is 11.9. The number of piperidine rings is 1. The van der Waals surface area contributed by atoms with Crippen molar-refractivity contribution in [3.63, 3.8) is 0 Å². The zero-order valence-electron chi connectivity index (χ0n) is 13.0. The Kier molecular flexibility index (Phi) is 4.23. The number of aliphatic hydroxyl groups is 1. The molecular weight excluding hydrogens is 296 g/mol. The van der Waals surface area contributed by atoms with Gasteiger partial charge < -0.3 is 21.1 Å². The molecule has 0 radical (unpaired) electrons. The topological polar surface area (TPSA) is 98.9 Å². The van der Waals surface area contributed by atoms with Gasteiger partial charge in [-0.15, -0.1) is 0 Å². The maximum atomic E-state index is 12.8. The molecule has 0 atom stereocenters. The Bertz CT molecular complexity index is 594. The van der Waals surface area contributed by atoms with Crippen LogP contribution in [0.2, 0.25) is 0 Å². The number of benzene rings is 1. The number of β-amino-alcohol motifs (C(OH)–C–C–N with tert-alkyl or cyclic N) is 1. The number of rotatable bonds is 4. The molecule has 124 valence electrons. The van der Waals surface area contributed by atoms with Crippen molar-refractivity contribution in [1.29, 1.82) is 0 Å². The van der Waals surface area contributed by atoms with Crippen LogP contribution in [-0.4, -0.2) is 58.6 Å². The fourth-order valence-electron chi connectivity index (χ4n) is 3.26. The van der Waals surface area contributed by atoms with Crippen LogP contribution in [0.5, 0.6) is 0 Å². The van der Waals surface area contributed by atoms with E-state index in [9.17, 15) is 9.59 Å². The molecular formula is C16H22N4O3. The largest absolute Gasteiger partial charge is 0.399 e. The van der Waals surface area contributed by atoms with Gasteiger partial charge in [0.05, 0.1) is 13.2 Å². The lowest BCUT2D eigenvalue weighted by molar-refractivity contribution is -0.133. The molecule has 0 bridgehead atoms. The van der Waals surface area contributed by atoms with E-state index >= 15 is 0 Å². The van der Waals surface area contributed by atoms with E-state index in [1.165, 1.54) is 4.90 Å². The summed E-state index contributed by atoms with van der Waals surface area (Å²) in [4.78, 5) is 28.4. The first kappa shape index (κ1) is 15.8. The molecule has 0 unspecified atom stereocenters. The molecule has 0 aliphatic carbocycles. The minimum Gasteiger partial charge on any atom is -0.399 e. The van der Waals surface area contributed by atoms with Crippen LogP contribution in [0.25, 0.3) is 0 Å². The molecule has 2 heterocycles. The van der Waals surface area contributed by atoms with Gasteiger partial charge in [-0.05, 0) is 30.5 Å². The SMILES string of the molecule is Nc1ccc(CN2C(=O)NC3(CCN(CCO)CC3)C2=O)cc1. The van der Waals surface area contributed by atoms with E-state index in [1.807, 2.05) is 12.1 Å². The number of aliphatic hydroxyl groups excluding tert-OH is 1. The molecule has 1 spiro atoms. The van der Waals surface area contributed by atoms with Crippen LogP contribution in [0.15, 0.2) is 24.3 Å². The molecule has 3 amide bonds. The number of nitrogens with zero attached hydrogens (tertiary/aromatic N) is 2. The highest BCUT2D eigenvalue weighted by Crippen LogP contribution is 2.30. The van der Waals surface area contributed by atoms with Gasteiger partial charge in [-0.1, -0.05) is 12.1 Å². The lowest BCUT2D eigenvalue weighted by atomic mass is 9.87. The molecule has 0 saturated carbocycles. The lowest BCUT2D eigenvalue weighted by Crippen LogP contribution is -2.55. The van der Waals surface area contributed by atoms with Crippen LogP contribution >= 0.6 is 0 Å². The Labute approximate surface area is 135 Å². The fourth-order valence-corrected chi connectivity index (χ4v) is 3.26. The van der Waals surface area contributed by atoms with Crippen molar-refractivity contribution >= 4 is 17.6 Å². The van der Waals surface area contributed by atoms with Crippen molar-refractivity contribution in [2.24, 2.45) is 0 Å². The summed E-state index contributed by atoms with van der Waals surface area (Å²) in [7, 11) is 0. The van der Waals surface area contributed by atoms with Crippen LogP contribution < -0.4 is 11.1 Å². The number of hydrogen-bond donors (Lipinski definition) is 3. The van der Waals surface area contributed by atoms with Crippen LogP contribution in [0.4, 0.5) is 10.5 Å². The average Bonchev–Trinajstić information content (AvgIpc) is 2.76. The summed E-state index contributed by atoms with van der Waals surface area (Å²) < 4.78 is 0. The Morgan fingerprint density at radius 1 is 1.17 bits per heavy atom. The van der Waals surface area contributed by atoms with Gasteiger partial charge in [-0.2, -0.15) is 0 Å². The zero-order valence-corrected chi connectivity index (χ0v) is 13.0. The number of carbonyl (C=O) groups is 2. The lowest BCUT2D eigenvalue weighted by Gasteiger charge is -2.37. The molecule has 2 saturated heterocycles. The third-order valence-corrected chi connectivity index (χ3v) is 4.69. The number of carbonyl (C=O) groups excluding carboxylic acids is 2. The third-order valence-electron chi connectivity index (χ3n) is 4.69. The number of imide groups is 1. The Morgan fingerprint density at radius 2 is 1.83 bits per heavy atom. The standard InChI is InChI=1S/C16H22N4O3/c17-13-3-1-12(2-4-13)11-20-14(22)16(18-15(20)23)5-7-19(8-6-16)9-10-21/h1-4,21H,5-11,17H2,(H,18,23). The van der Waals surface area contributed by atoms with Crippen molar-refractivity contribution in [2.75, 3.05) is 32.0 Å². The van der Waals surface area contributed by atoms with E-state index in [0.29, 0.717) is 38.2 Å². The summed E-state index contributed by atoms with van der Waals surface area (Å²) in [5.41, 5.74) is 6.40. The van der Waals surface area contributed by atoms with E-state index in [0.717, 1.165) is 5.56 Å². The van der Waals surface area contributed by atoms with E-state index < -0.39 is 5.54 Å². The molecule has 3 rings (SSSR count). The van der Waals surface area contributed by atoms with Gasteiger partial charge in [0.1, 0.15) is 5.54 Å². The molecule has 2 aliphatic heterocycles. The predicted molar refractivity (Wildman–Crippen MR) is 85.4 cm³/mol. The van der Waals surface area contributed by atoms with Gasteiger partial charge >= 0.3 is 6.03 Å². The molecule has 4 N–H and O–H groups in total. The van der Waals surface area contributed by atoms with Crippen LogP contribution in [-0.2, 0) is 11.3 Å². The third kappa shape index (κ3) is 3.02. The fraction of sp³-hybridized carbons (Fsp3) is 0.500. The number of hydrogen-bond acceptors (Lipinski definition) is 5. The van der Waals surface area contributed by atoms with Crippen molar-refractivity contribution in [3.8, 4) is 0 Å². The normalized spacial score (nSPS) is 21.0. The summed E-state index contributed by atoms with van der Waals surface area (Å²) in [6, 6.07) is 6.84. The van der Waals surface area contributed by atoms with Gasteiger partial charge in [-0.25, -0.2) is 4.79 Å². The molecule has 1 aromatic rings. The van der Waals surface area contributed by atoms with Gasteiger partial charge in [0, 0.05) is 25.3 Å². The number of nitrogens with one attached hydrogen (secondary N) is 1. The first-order valence-corrected chi connectivity index (χ1v) is 7.86. The highest BCUT2D eigenvalue weighted by atomic mass is 16.3. The number of urea groups is 1. The van der Waals surface area contributed by atoms with Crippen molar-refractivity contribution < 1.29 is 14.7 Å². The highest BCUT2D eigenvalue weighted by molar-refractivity contribution is 6.07. The van der Waals surface area contributed by atoms with Gasteiger partial charge in [0.25, 0.3) is 5.91 Å². The summed E-state index contributed by atoms with van der Waals surface area (Å²) >= 11 is 0. The van der Waals surface area contributed by atoms with Crippen LogP contribution in [0.1, 0.15) is 18.4 Å². The summed E-state index contributed by atoms with van der Waals surface area (Å²) in [6.07, 6.45) is 1.16. The van der Waals surface area contributed by atoms with Crippen molar-refractivity contribution in [3.05, 3.63) is 29.8 Å². The molecule has 23 heavy (non-hydrogen) atoms. The number of amides is 3. The first-order chi connectivity index (χ1) is 11.0. The minimum absolute atomic E-state index is 0.108. The molecule has 2 fully saturated rings. The second kappa shape index (κ2) is 6.17. The smallest absolute Gasteiger partial charge is 0.325 e. The number of likely N-dealkylation sites (tertiary alicyclic amines) is 1. The monoisotopic (exact) mass is 318 g/mol. The predicted octanol–water partition coefficient (Wildman–Crippen LogP) is 0.147. The van der Waals surface area contributed by atoms with Gasteiger partial charge in [0.2, 0.25) is 0 Å². The Balaban J connectivity index is 1.69. The summed E-state index contributed by atoms with van der Waals surface area (Å²) in [6.45, 7) is 2.36. The maximum Gasteiger partial charge on any atom is 0.325 e. The first-order valence-electron chi connectivity index (χ1n) is 7.86. The van der Waals surface area contributed by atoms with Crippen LogP contribution in [0, 0.1) is 0 Å². The molecule has 1 aromatic carbocycles. The molecule has 0 aromatic heterocycles. The molecule has 7 heteroatoms. The van der Waals surface area contributed by atoms with E-state index in [-0.39, 0.29) is 25.1 Å². The number of nitrogens with two attached hydrogens (primary N) is 1. The summed E-state index contributed by atoms with van der Waals surface area (Å²) in [5.74, 6) is -0.150. The van der Waals surface area contributed by atoms with Gasteiger partial charge in [-0.3, -0.25) is 9.69 Å².